The molecule has 2 atom stereocenters. The predicted octanol–water partition coefficient (Wildman–Crippen LogP) is 1.45. The third kappa shape index (κ3) is 3.47. The summed E-state index contributed by atoms with van der Waals surface area (Å²) < 4.78 is 5.33. The summed E-state index contributed by atoms with van der Waals surface area (Å²) in [6.45, 7) is 2.69. The summed E-state index contributed by atoms with van der Waals surface area (Å²) in [6, 6.07) is 5.41. The number of aryl methyl sites for hydroxylation is 1. The van der Waals surface area contributed by atoms with Crippen molar-refractivity contribution in [2.75, 3.05) is 20.2 Å². The van der Waals surface area contributed by atoms with Gasteiger partial charge in [-0.15, -0.1) is 0 Å². The number of rotatable bonds is 5. The Hall–Kier alpha value is -2.90. The Morgan fingerprint density at radius 3 is 2.84 bits per heavy atom. The second-order valence-corrected chi connectivity index (χ2v) is 6.27. The molecule has 25 heavy (non-hydrogen) atoms. The van der Waals surface area contributed by atoms with Crippen molar-refractivity contribution < 1.29 is 19.4 Å². The fourth-order valence-electron chi connectivity index (χ4n) is 3.34. The number of aliphatic carboxylic acids is 1. The highest BCUT2D eigenvalue weighted by Gasteiger charge is 2.39. The number of amides is 1. The van der Waals surface area contributed by atoms with Crippen LogP contribution in [-0.4, -0.2) is 57.5 Å². The molecular formula is C17H20N4O4. The van der Waals surface area contributed by atoms with E-state index in [2.05, 4.69) is 15.4 Å². The number of aromatic amines is 1. The van der Waals surface area contributed by atoms with Gasteiger partial charge in [-0.3, -0.25) is 9.59 Å². The monoisotopic (exact) mass is 344 g/mol. The number of hydrogen-bond donors (Lipinski definition) is 2. The number of likely N-dealkylation sites (tertiary alicyclic amines) is 1. The van der Waals surface area contributed by atoms with Gasteiger partial charge >= 0.3 is 5.97 Å². The van der Waals surface area contributed by atoms with Crippen LogP contribution in [0.15, 0.2) is 24.4 Å². The number of ether oxygens (including phenoxy) is 1. The first-order valence-electron chi connectivity index (χ1n) is 8.01. The van der Waals surface area contributed by atoms with Crippen molar-refractivity contribution in [2.24, 2.45) is 5.92 Å². The van der Waals surface area contributed by atoms with E-state index in [0.717, 1.165) is 5.56 Å². The zero-order valence-corrected chi connectivity index (χ0v) is 14.1. The lowest BCUT2D eigenvalue weighted by Crippen LogP contribution is -2.29. The minimum atomic E-state index is -0.888. The highest BCUT2D eigenvalue weighted by Crippen LogP contribution is 2.35. The van der Waals surface area contributed by atoms with E-state index in [4.69, 9.17) is 4.74 Å². The molecule has 0 unspecified atom stereocenters. The van der Waals surface area contributed by atoms with Crippen molar-refractivity contribution in [3.63, 3.8) is 0 Å². The Balaban J connectivity index is 1.85. The lowest BCUT2D eigenvalue weighted by Gasteiger charge is -2.18. The number of carbonyl (C=O) groups is 2. The van der Waals surface area contributed by atoms with E-state index in [1.807, 2.05) is 19.1 Å². The standard InChI is InChI=1S/C17H20N4O4/c1-10-3-4-12(15(5-10)25-2)17(24)21-8-11(6-16(22)23)13(9-21)14-7-18-20-19-14/h3-5,7,11,13H,6,8-9H2,1-2H3,(H,22,23)(H,18,19,20)/t11-,13+/m1/s1. The summed E-state index contributed by atoms with van der Waals surface area (Å²) >= 11 is 0. The molecule has 0 saturated carbocycles. The zero-order valence-electron chi connectivity index (χ0n) is 14.1. The number of aromatic nitrogens is 3. The second-order valence-electron chi connectivity index (χ2n) is 6.27. The molecule has 2 heterocycles. The zero-order chi connectivity index (χ0) is 18.0. The first-order chi connectivity index (χ1) is 12.0. The van der Waals surface area contributed by atoms with Crippen molar-refractivity contribution in [1.29, 1.82) is 0 Å². The quantitative estimate of drug-likeness (QED) is 0.850. The Bertz CT molecular complexity index is 775. The average Bonchev–Trinajstić information content (AvgIpc) is 3.23. The maximum Gasteiger partial charge on any atom is 0.303 e. The molecule has 0 spiro atoms. The fourth-order valence-corrected chi connectivity index (χ4v) is 3.34. The topological polar surface area (TPSA) is 108 Å². The van der Waals surface area contributed by atoms with E-state index in [-0.39, 0.29) is 24.2 Å². The average molecular weight is 344 g/mol. The van der Waals surface area contributed by atoms with Crippen LogP contribution in [0.4, 0.5) is 0 Å². The van der Waals surface area contributed by atoms with Crippen LogP contribution in [0, 0.1) is 12.8 Å². The molecule has 1 aliphatic rings. The molecule has 8 nitrogen and oxygen atoms in total. The number of methoxy groups -OCH3 is 1. The van der Waals surface area contributed by atoms with Crippen LogP contribution in [0.1, 0.15) is 34.0 Å². The first-order valence-corrected chi connectivity index (χ1v) is 8.01. The molecule has 0 aliphatic carbocycles. The van der Waals surface area contributed by atoms with Gasteiger partial charge < -0.3 is 14.7 Å². The molecule has 2 N–H and O–H groups in total. The van der Waals surface area contributed by atoms with E-state index in [9.17, 15) is 14.7 Å². The third-order valence-corrected chi connectivity index (χ3v) is 4.57. The summed E-state index contributed by atoms with van der Waals surface area (Å²) in [6.07, 6.45) is 1.56. The van der Waals surface area contributed by atoms with Crippen LogP contribution >= 0.6 is 0 Å². The largest absolute Gasteiger partial charge is 0.496 e. The number of hydrogen-bond acceptors (Lipinski definition) is 5. The van der Waals surface area contributed by atoms with Crippen LogP contribution in [0.3, 0.4) is 0 Å². The van der Waals surface area contributed by atoms with Crippen molar-refractivity contribution >= 4 is 11.9 Å². The van der Waals surface area contributed by atoms with Crippen LogP contribution in [0.5, 0.6) is 5.75 Å². The van der Waals surface area contributed by atoms with E-state index < -0.39 is 5.97 Å². The van der Waals surface area contributed by atoms with Crippen molar-refractivity contribution in [2.45, 2.75) is 19.3 Å². The highest BCUT2D eigenvalue weighted by atomic mass is 16.5. The number of H-pyrrole nitrogens is 1. The van der Waals surface area contributed by atoms with Crippen LogP contribution in [0.2, 0.25) is 0 Å². The second kappa shape index (κ2) is 6.92. The Morgan fingerprint density at radius 1 is 1.40 bits per heavy atom. The van der Waals surface area contributed by atoms with E-state index in [0.29, 0.717) is 30.1 Å². The molecule has 8 heteroatoms. The van der Waals surface area contributed by atoms with Crippen molar-refractivity contribution in [3.8, 4) is 5.75 Å². The molecule has 132 valence electrons. The highest BCUT2D eigenvalue weighted by molar-refractivity contribution is 5.97. The summed E-state index contributed by atoms with van der Waals surface area (Å²) in [5.74, 6) is -0.901. The molecule has 1 aliphatic heterocycles. The van der Waals surface area contributed by atoms with Gasteiger partial charge in [-0.05, 0) is 30.5 Å². The fraction of sp³-hybridized carbons (Fsp3) is 0.412. The van der Waals surface area contributed by atoms with Gasteiger partial charge in [0.2, 0.25) is 0 Å². The van der Waals surface area contributed by atoms with E-state index in [1.54, 1.807) is 17.2 Å². The van der Waals surface area contributed by atoms with Gasteiger partial charge in [0, 0.05) is 19.0 Å². The smallest absolute Gasteiger partial charge is 0.303 e. The molecule has 1 fully saturated rings. The number of carboxylic acid groups (broad SMARTS) is 1. The summed E-state index contributed by atoms with van der Waals surface area (Å²) in [5.41, 5.74) is 2.15. The number of nitrogens with one attached hydrogen (secondary N) is 1. The summed E-state index contributed by atoms with van der Waals surface area (Å²) in [7, 11) is 1.53. The molecule has 1 aromatic heterocycles. The molecule has 2 aromatic rings. The number of benzene rings is 1. The van der Waals surface area contributed by atoms with Gasteiger partial charge in [0.15, 0.2) is 0 Å². The minimum Gasteiger partial charge on any atom is -0.496 e. The normalized spacial score (nSPS) is 19.8. The molecule has 1 amide bonds. The van der Waals surface area contributed by atoms with E-state index in [1.165, 1.54) is 7.11 Å². The van der Waals surface area contributed by atoms with Gasteiger partial charge in [0.25, 0.3) is 5.91 Å². The lowest BCUT2D eigenvalue weighted by molar-refractivity contribution is -0.138. The van der Waals surface area contributed by atoms with Gasteiger partial charge in [0.1, 0.15) is 5.75 Å². The van der Waals surface area contributed by atoms with Crippen LogP contribution in [0.25, 0.3) is 0 Å². The SMILES string of the molecule is COc1cc(C)ccc1C(=O)N1C[C@@H](CC(=O)O)[C@@H](c2cn[nH]n2)C1. The lowest BCUT2D eigenvalue weighted by atomic mass is 9.91. The number of carboxylic acids is 1. The summed E-state index contributed by atoms with van der Waals surface area (Å²) in [4.78, 5) is 25.8. The third-order valence-electron chi connectivity index (χ3n) is 4.57. The molecule has 3 rings (SSSR count). The van der Waals surface area contributed by atoms with E-state index >= 15 is 0 Å². The maximum absolute atomic E-state index is 12.9. The number of nitrogens with zero attached hydrogens (tertiary/aromatic N) is 3. The van der Waals surface area contributed by atoms with Crippen molar-refractivity contribution in [3.05, 3.63) is 41.2 Å². The molecule has 0 radical (unpaired) electrons. The molecular weight excluding hydrogens is 324 g/mol. The van der Waals surface area contributed by atoms with Crippen LogP contribution < -0.4 is 4.74 Å². The Kier molecular flexibility index (Phi) is 4.69. The molecule has 1 saturated heterocycles. The number of carbonyl (C=O) groups excluding carboxylic acids is 1. The summed E-state index contributed by atoms with van der Waals surface area (Å²) in [5, 5.41) is 19.6. The first kappa shape index (κ1) is 16.9. The van der Waals surface area contributed by atoms with Gasteiger partial charge in [0.05, 0.1) is 31.0 Å². The predicted molar refractivity (Wildman–Crippen MR) is 88.5 cm³/mol. The Labute approximate surface area is 144 Å². The maximum atomic E-state index is 12.9. The van der Waals surface area contributed by atoms with Gasteiger partial charge in [-0.1, -0.05) is 6.07 Å². The Morgan fingerprint density at radius 2 is 2.20 bits per heavy atom. The van der Waals surface area contributed by atoms with Crippen LogP contribution in [-0.2, 0) is 4.79 Å². The molecule has 0 bridgehead atoms. The van der Waals surface area contributed by atoms with Gasteiger partial charge in [-0.2, -0.15) is 15.4 Å². The van der Waals surface area contributed by atoms with Crippen molar-refractivity contribution in [1.82, 2.24) is 20.3 Å². The minimum absolute atomic E-state index is 0.0215. The van der Waals surface area contributed by atoms with Gasteiger partial charge in [-0.25, -0.2) is 0 Å². The molecule has 1 aromatic carbocycles.